The van der Waals surface area contributed by atoms with E-state index in [1.165, 1.54) is 19.2 Å². The van der Waals surface area contributed by atoms with Crippen molar-refractivity contribution in [2.45, 2.75) is 19.9 Å². The molecular formula is C26H22ClN7O3. The van der Waals surface area contributed by atoms with E-state index >= 15 is 0 Å². The standard InChI is InChI=1S/C26H22ClN7O3/c1-13-21(24(36)31-20-12-15(14(2)35)10-11-29-20)22(16-6-3-4-7-17(16)27)32-25(30-13)34-26-33-23-18(28)8-5-9-19(23)37-26/h3-12,22H,28H2,1-2H3,(H,29,31,36)(H2,30,32,33,34). The lowest BCUT2D eigenvalue weighted by Gasteiger charge is -2.26. The molecule has 37 heavy (non-hydrogen) atoms. The quantitative estimate of drug-likeness (QED) is 0.221. The SMILES string of the molecule is CC(=O)c1ccnc(NC(=O)C2=C(C)NC(Nc3nc4c(N)cccc4o3)=NC2c2ccccc2Cl)c1. The Bertz CT molecular complexity index is 1610. The number of para-hydroxylation sites is 1. The molecule has 10 nitrogen and oxygen atoms in total. The zero-order valence-corrected chi connectivity index (χ0v) is 20.6. The second kappa shape index (κ2) is 9.75. The van der Waals surface area contributed by atoms with Gasteiger partial charge in [0, 0.05) is 28.0 Å². The van der Waals surface area contributed by atoms with Gasteiger partial charge in [0.05, 0.1) is 11.3 Å². The van der Waals surface area contributed by atoms with E-state index in [-0.39, 0.29) is 17.6 Å². The summed E-state index contributed by atoms with van der Waals surface area (Å²) in [5.74, 6) is -0.0305. The van der Waals surface area contributed by atoms with Crippen LogP contribution in [0.4, 0.5) is 17.5 Å². The molecule has 186 valence electrons. The first-order valence-corrected chi connectivity index (χ1v) is 11.7. The Balaban J connectivity index is 1.49. The minimum absolute atomic E-state index is 0.136. The van der Waals surface area contributed by atoms with Crippen LogP contribution in [0.1, 0.15) is 35.8 Å². The van der Waals surface area contributed by atoms with E-state index in [1.807, 2.05) is 6.07 Å². The third-order valence-corrected chi connectivity index (χ3v) is 6.11. The number of oxazole rings is 1. The number of carbonyl (C=O) groups excluding carboxylic acids is 2. The van der Waals surface area contributed by atoms with Crippen molar-refractivity contribution < 1.29 is 14.0 Å². The predicted octanol–water partition coefficient (Wildman–Crippen LogP) is 4.69. The first-order chi connectivity index (χ1) is 17.8. The molecule has 2 aromatic carbocycles. The molecule has 5 rings (SSSR count). The van der Waals surface area contributed by atoms with Gasteiger partial charge in [-0.3, -0.25) is 14.9 Å². The number of nitrogens with zero attached hydrogens (tertiary/aromatic N) is 3. The van der Waals surface area contributed by atoms with Gasteiger partial charge >= 0.3 is 6.01 Å². The lowest BCUT2D eigenvalue weighted by Crippen LogP contribution is -2.37. The van der Waals surface area contributed by atoms with Gasteiger partial charge in [-0.2, -0.15) is 4.98 Å². The number of carbonyl (C=O) groups is 2. The molecule has 5 N–H and O–H groups in total. The van der Waals surface area contributed by atoms with Gasteiger partial charge in [-0.25, -0.2) is 9.98 Å². The molecule has 3 heterocycles. The van der Waals surface area contributed by atoms with Crippen molar-refractivity contribution in [3.05, 3.63) is 88.2 Å². The number of nitrogens with two attached hydrogens (primary N) is 1. The number of hydrogen-bond donors (Lipinski definition) is 4. The fraction of sp³-hybridized carbons (Fsp3) is 0.115. The number of aliphatic imine (C=N–C) groups is 1. The third-order valence-electron chi connectivity index (χ3n) is 5.77. The van der Waals surface area contributed by atoms with Gasteiger partial charge in [0.2, 0.25) is 5.96 Å². The highest BCUT2D eigenvalue weighted by molar-refractivity contribution is 6.31. The number of allylic oxidation sites excluding steroid dienone is 1. The van der Waals surface area contributed by atoms with E-state index in [0.717, 1.165) is 0 Å². The van der Waals surface area contributed by atoms with E-state index in [0.29, 0.717) is 50.2 Å². The van der Waals surface area contributed by atoms with Gasteiger partial charge in [0.15, 0.2) is 11.4 Å². The maximum absolute atomic E-state index is 13.5. The van der Waals surface area contributed by atoms with E-state index in [2.05, 4.69) is 25.9 Å². The molecule has 0 fully saturated rings. The molecule has 1 unspecified atom stereocenters. The highest BCUT2D eigenvalue weighted by atomic mass is 35.5. The number of anilines is 3. The number of ketones is 1. The fourth-order valence-electron chi connectivity index (χ4n) is 3.98. The molecule has 1 atom stereocenters. The summed E-state index contributed by atoms with van der Waals surface area (Å²) >= 11 is 6.51. The number of pyridine rings is 1. The number of aromatic nitrogens is 2. The van der Waals surface area contributed by atoms with Crippen molar-refractivity contribution in [1.82, 2.24) is 15.3 Å². The molecule has 0 saturated heterocycles. The number of nitrogens with one attached hydrogen (secondary N) is 3. The Morgan fingerprint density at radius 1 is 1.14 bits per heavy atom. The van der Waals surface area contributed by atoms with Gasteiger partial charge in [-0.1, -0.05) is 35.9 Å². The van der Waals surface area contributed by atoms with Crippen LogP contribution in [0.2, 0.25) is 5.02 Å². The van der Waals surface area contributed by atoms with Crippen LogP contribution in [0.15, 0.2) is 81.5 Å². The summed E-state index contributed by atoms with van der Waals surface area (Å²) in [4.78, 5) is 38.5. The van der Waals surface area contributed by atoms with Crippen LogP contribution in [0.25, 0.3) is 11.1 Å². The second-order valence-electron chi connectivity index (χ2n) is 8.34. The summed E-state index contributed by atoms with van der Waals surface area (Å²) in [6, 6.07) is 14.9. The number of benzene rings is 2. The first kappa shape index (κ1) is 24.0. The monoisotopic (exact) mass is 515 g/mol. The highest BCUT2D eigenvalue weighted by Crippen LogP contribution is 2.35. The molecule has 1 aliphatic heterocycles. The van der Waals surface area contributed by atoms with Crippen molar-refractivity contribution in [2.75, 3.05) is 16.4 Å². The summed E-state index contributed by atoms with van der Waals surface area (Å²) in [5, 5.41) is 9.33. The molecule has 0 radical (unpaired) electrons. The molecule has 1 aliphatic rings. The van der Waals surface area contributed by atoms with Crippen molar-refractivity contribution in [1.29, 1.82) is 0 Å². The van der Waals surface area contributed by atoms with Crippen LogP contribution >= 0.6 is 11.6 Å². The highest BCUT2D eigenvalue weighted by Gasteiger charge is 2.31. The largest absolute Gasteiger partial charge is 0.423 e. The van der Waals surface area contributed by atoms with Crippen LogP contribution in [-0.4, -0.2) is 27.6 Å². The van der Waals surface area contributed by atoms with Crippen LogP contribution in [0.3, 0.4) is 0 Å². The van der Waals surface area contributed by atoms with Crippen LogP contribution in [-0.2, 0) is 4.79 Å². The number of guanidine groups is 1. The van der Waals surface area contributed by atoms with E-state index in [9.17, 15) is 9.59 Å². The third kappa shape index (κ3) is 4.87. The van der Waals surface area contributed by atoms with Gasteiger partial charge in [-0.15, -0.1) is 0 Å². The van der Waals surface area contributed by atoms with Gasteiger partial charge < -0.3 is 20.8 Å². The van der Waals surface area contributed by atoms with E-state index < -0.39 is 11.9 Å². The van der Waals surface area contributed by atoms with Crippen molar-refractivity contribution >= 4 is 57.9 Å². The average Bonchev–Trinajstić information content (AvgIpc) is 3.28. The summed E-state index contributed by atoms with van der Waals surface area (Å²) in [5.41, 5.74) is 9.44. The first-order valence-electron chi connectivity index (χ1n) is 11.3. The zero-order chi connectivity index (χ0) is 26.1. The summed E-state index contributed by atoms with van der Waals surface area (Å²) in [6.07, 6.45) is 1.46. The van der Waals surface area contributed by atoms with Gasteiger partial charge in [0.1, 0.15) is 17.4 Å². The number of nitrogen functional groups attached to an aromatic ring is 1. The van der Waals surface area contributed by atoms with Crippen LogP contribution in [0, 0.1) is 0 Å². The minimum atomic E-state index is -0.761. The summed E-state index contributed by atoms with van der Waals surface area (Å²) < 4.78 is 5.76. The lowest BCUT2D eigenvalue weighted by molar-refractivity contribution is -0.113. The Labute approximate surface area is 216 Å². The Morgan fingerprint density at radius 2 is 1.95 bits per heavy atom. The molecular weight excluding hydrogens is 494 g/mol. The predicted molar refractivity (Wildman–Crippen MR) is 142 cm³/mol. The molecule has 4 aromatic rings. The average molecular weight is 516 g/mol. The molecule has 1 amide bonds. The molecule has 0 aliphatic carbocycles. The molecule has 0 bridgehead atoms. The molecule has 2 aromatic heterocycles. The Morgan fingerprint density at radius 3 is 2.70 bits per heavy atom. The summed E-state index contributed by atoms with van der Waals surface area (Å²) in [6.45, 7) is 3.19. The Kier molecular flexibility index (Phi) is 6.33. The van der Waals surface area contributed by atoms with Crippen LogP contribution in [0.5, 0.6) is 0 Å². The maximum atomic E-state index is 13.5. The minimum Gasteiger partial charge on any atom is -0.423 e. The number of hydrogen-bond acceptors (Lipinski definition) is 9. The normalized spacial score (nSPS) is 15.2. The van der Waals surface area contributed by atoms with E-state index in [4.69, 9.17) is 26.7 Å². The number of halogens is 1. The zero-order valence-electron chi connectivity index (χ0n) is 19.9. The van der Waals surface area contributed by atoms with Gasteiger partial charge in [-0.05, 0) is 44.2 Å². The number of amides is 1. The Hall–Kier alpha value is -4.70. The number of rotatable bonds is 5. The van der Waals surface area contributed by atoms with E-state index in [1.54, 1.807) is 49.4 Å². The number of Topliss-reactive ketones (excluding diaryl/α,β-unsaturated/α-hetero) is 1. The number of fused-ring (bicyclic) bond motifs is 1. The smallest absolute Gasteiger partial charge is 0.302 e. The van der Waals surface area contributed by atoms with Crippen molar-refractivity contribution in [2.24, 2.45) is 4.99 Å². The summed E-state index contributed by atoms with van der Waals surface area (Å²) in [7, 11) is 0. The van der Waals surface area contributed by atoms with Crippen molar-refractivity contribution in [3.63, 3.8) is 0 Å². The lowest BCUT2D eigenvalue weighted by atomic mass is 9.95. The fourth-order valence-corrected chi connectivity index (χ4v) is 4.22. The molecule has 11 heteroatoms. The second-order valence-corrected chi connectivity index (χ2v) is 8.75. The topological polar surface area (TPSA) is 148 Å². The molecule has 0 saturated carbocycles. The van der Waals surface area contributed by atoms with Crippen LogP contribution < -0.4 is 21.7 Å². The maximum Gasteiger partial charge on any atom is 0.302 e. The molecule has 0 spiro atoms. The van der Waals surface area contributed by atoms with Crippen molar-refractivity contribution in [3.8, 4) is 0 Å². The van der Waals surface area contributed by atoms with Gasteiger partial charge in [0.25, 0.3) is 5.91 Å².